The van der Waals surface area contributed by atoms with Gasteiger partial charge >= 0.3 is 0 Å². The Balaban J connectivity index is 2.01. The van der Waals surface area contributed by atoms with Crippen molar-refractivity contribution in [3.63, 3.8) is 0 Å². The third kappa shape index (κ3) is 3.48. The summed E-state index contributed by atoms with van der Waals surface area (Å²) >= 11 is 5.79. The molecule has 0 aliphatic heterocycles. The Morgan fingerprint density at radius 2 is 1.89 bits per heavy atom. The molecule has 0 bridgehead atoms. The molecule has 3 nitrogen and oxygen atoms in total. The summed E-state index contributed by atoms with van der Waals surface area (Å²) in [6, 6.07) is 12.1. The number of hydrogen-bond acceptors (Lipinski definition) is 2. The van der Waals surface area contributed by atoms with Gasteiger partial charge in [-0.25, -0.2) is 0 Å². The first-order valence-electron chi connectivity index (χ1n) is 5.88. The quantitative estimate of drug-likeness (QED) is 0.903. The summed E-state index contributed by atoms with van der Waals surface area (Å²) in [7, 11) is 0. The van der Waals surface area contributed by atoms with Gasteiger partial charge in [0.2, 0.25) is 0 Å². The molecule has 0 spiro atoms. The molecule has 0 fully saturated rings. The van der Waals surface area contributed by atoms with Crippen molar-refractivity contribution in [2.45, 2.75) is 13.5 Å². The molecule has 0 aliphatic carbocycles. The van der Waals surface area contributed by atoms with Gasteiger partial charge < -0.3 is 10.4 Å². The third-order valence-electron chi connectivity index (χ3n) is 2.84. The van der Waals surface area contributed by atoms with Crippen molar-refractivity contribution in [3.8, 4) is 5.75 Å². The molecule has 0 radical (unpaired) electrons. The second-order valence-electron chi connectivity index (χ2n) is 4.31. The summed E-state index contributed by atoms with van der Waals surface area (Å²) in [5.41, 5.74) is 2.15. The number of aromatic hydroxyl groups is 1. The average Bonchev–Trinajstić information content (AvgIpc) is 2.41. The maximum Gasteiger partial charge on any atom is 0.251 e. The van der Waals surface area contributed by atoms with Crippen LogP contribution in [-0.4, -0.2) is 11.0 Å². The molecule has 2 rings (SSSR count). The number of rotatable bonds is 3. The number of hydrogen-bond donors (Lipinski definition) is 2. The highest BCUT2D eigenvalue weighted by molar-refractivity contribution is 6.30. The van der Waals surface area contributed by atoms with E-state index in [0.29, 0.717) is 17.1 Å². The first kappa shape index (κ1) is 13.4. The molecule has 2 N–H and O–H groups in total. The normalized spacial score (nSPS) is 10.2. The average molecular weight is 276 g/mol. The summed E-state index contributed by atoms with van der Waals surface area (Å²) in [6.07, 6.45) is 0. The molecule has 1 amide bonds. The SMILES string of the molecule is Cc1ccc(C(=O)NCc2ccc(Cl)cc2)cc1O. The third-order valence-corrected chi connectivity index (χ3v) is 3.09. The van der Waals surface area contributed by atoms with E-state index < -0.39 is 0 Å². The molecular formula is C15H14ClNO2. The van der Waals surface area contributed by atoms with E-state index in [0.717, 1.165) is 11.1 Å². The molecule has 0 aliphatic rings. The Bertz CT molecular complexity index is 594. The molecule has 0 saturated heterocycles. The minimum Gasteiger partial charge on any atom is -0.508 e. The predicted octanol–water partition coefficient (Wildman–Crippen LogP) is 3.28. The van der Waals surface area contributed by atoms with Crippen LogP contribution in [0.15, 0.2) is 42.5 Å². The summed E-state index contributed by atoms with van der Waals surface area (Å²) in [5.74, 6) is -0.0932. The summed E-state index contributed by atoms with van der Waals surface area (Å²) in [6.45, 7) is 2.20. The number of amides is 1. The van der Waals surface area contributed by atoms with E-state index in [-0.39, 0.29) is 11.7 Å². The van der Waals surface area contributed by atoms with Crippen LogP contribution in [0, 0.1) is 6.92 Å². The van der Waals surface area contributed by atoms with Gasteiger partial charge in [-0.3, -0.25) is 4.79 Å². The van der Waals surface area contributed by atoms with Gasteiger partial charge in [0, 0.05) is 17.1 Å². The van der Waals surface area contributed by atoms with Crippen LogP contribution in [0.2, 0.25) is 5.02 Å². The maximum absolute atomic E-state index is 11.9. The summed E-state index contributed by atoms with van der Waals surface area (Å²) < 4.78 is 0. The minimum absolute atomic E-state index is 0.124. The molecule has 19 heavy (non-hydrogen) atoms. The van der Waals surface area contributed by atoms with E-state index in [4.69, 9.17) is 11.6 Å². The lowest BCUT2D eigenvalue weighted by Crippen LogP contribution is -2.22. The summed E-state index contributed by atoms with van der Waals surface area (Å²) in [4.78, 5) is 11.9. The molecule has 0 aromatic heterocycles. The minimum atomic E-state index is -0.217. The van der Waals surface area contributed by atoms with E-state index in [1.165, 1.54) is 6.07 Å². The molecule has 0 atom stereocenters. The van der Waals surface area contributed by atoms with Crippen molar-refractivity contribution in [1.82, 2.24) is 5.32 Å². The molecule has 98 valence electrons. The van der Waals surface area contributed by atoms with Gasteiger partial charge in [0.1, 0.15) is 5.75 Å². The standard InChI is InChI=1S/C15H14ClNO2/c1-10-2-5-12(8-14(10)18)15(19)17-9-11-3-6-13(16)7-4-11/h2-8,18H,9H2,1H3,(H,17,19). The van der Waals surface area contributed by atoms with Gasteiger partial charge in [0.05, 0.1) is 0 Å². The highest BCUT2D eigenvalue weighted by Crippen LogP contribution is 2.17. The van der Waals surface area contributed by atoms with Crippen LogP contribution in [0.25, 0.3) is 0 Å². The Hall–Kier alpha value is -2.00. The van der Waals surface area contributed by atoms with Crippen molar-refractivity contribution in [2.75, 3.05) is 0 Å². The molecule has 2 aromatic rings. The lowest BCUT2D eigenvalue weighted by Gasteiger charge is -2.07. The van der Waals surface area contributed by atoms with E-state index in [9.17, 15) is 9.90 Å². The number of carbonyl (C=O) groups excluding carboxylic acids is 1. The topological polar surface area (TPSA) is 49.3 Å². The van der Waals surface area contributed by atoms with Gasteiger partial charge in [-0.05, 0) is 42.3 Å². The summed E-state index contributed by atoms with van der Waals surface area (Å²) in [5, 5.41) is 13.0. The number of benzene rings is 2. The van der Waals surface area contributed by atoms with Crippen molar-refractivity contribution >= 4 is 17.5 Å². The van der Waals surface area contributed by atoms with Crippen LogP contribution < -0.4 is 5.32 Å². The highest BCUT2D eigenvalue weighted by Gasteiger charge is 2.07. The maximum atomic E-state index is 11.9. The van der Waals surface area contributed by atoms with Crippen LogP contribution in [0.3, 0.4) is 0 Å². The zero-order valence-corrected chi connectivity index (χ0v) is 11.2. The first-order chi connectivity index (χ1) is 9.06. The number of carbonyl (C=O) groups is 1. The fourth-order valence-corrected chi connectivity index (χ4v) is 1.76. The Morgan fingerprint density at radius 1 is 1.21 bits per heavy atom. The van der Waals surface area contributed by atoms with Gasteiger partial charge in [-0.2, -0.15) is 0 Å². The van der Waals surface area contributed by atoms with Crippen LogP contribution in [-0.2, 0) is 6.54 Å². The second-order valence-corrected chi connectivity index (χ2v) is 4.75. The van der Waals surface area contributed by atoms with E-state index in [1.54, 1.807) is 31.2 Å². The van der Waals surface area contributed by atoms with Crippen LogP contribution in [0.4, 0.5) is 0 Å². The van der Waals surface area contributed by atoms with Gasteiger partial charge in [-0.15, -0.1) is 0 Å². The molecule has 0 saturated carbocycles. The largest absolute Gasteiger partial charge is 0.508 e. The zero-order valence-electron chi connectivity index (χ0n) is 10.5. The van der Waals surface area contributed by atoms with Crippen LogP contribution >= 0.6 is 11.6 Å². The fourth-order valence-electron chi connectivity index (χ4n) is 1.64. The first-order valence-corrected chi connectivity index (χ1v) is 6.26. The monoisotopic (exact) mass is 275 g/mol. The van der Waals surface area contributed by atoms with E-state index >= 15 is 0 Å². The number of halogens is 1. The smallest absolute Gasteiger partial charge is 0.251 e. The second kappa shape index (κ2) is 5.76. The Morgan fingerprint density at radius 3 is 2.53 bits per heavy atom. The predicted molar refractivity (Wildman–Crippen MR) is 75.5 cm³/mol. The van der Waals surface area contributed by atoms with Crippen molar-refractivity contribution in [3.05, 3.63) is 64.2 Å². The molecular weight excluding hydrogens is 262 g/mol. The number of aryl methyl sites for hydroxylation is 1. The van der Waals surface area contributed by atoms with E-state index in [1.807, 2.05) is 12.1 Å². The Labute approximate surface area is 116 Å². The van der Waals surface area contributed by atoms with Gasteiger partial charge in [0.25, 0.3) is 5.91 Å². The number of phenols is 1. The lowest BCUT2D eigenvalue weighted by molar-refractivity contribution is 0.0950. The van der Waals surface area contributed by atoms with Crippen molar-refractivity contribution < 1.29 is 9.90 Å². The van der Waals surface area contributed by atoms with Crippen molar-refractivity contribution in [2.24, 2.45) is 0 Å². The van der Waals surface area contributed by atoms with Crippen LogP contribution in [0.1, 0.15) is 21.5 Å². The fraction of sp³-hybridized carbons (Fsp3) is 0.133. The lowest BCUT2D eigenvalue weighted by atomic mass is 10.1. The number of nitrogens with one attached hydrogen (secondary N) is 1. The molecule has 0 unspecified atom stereocenters. The van der Waals surface area contributed by atoms with Crippen LogP contribution in [0.5, 0.6) is 5.75 Å². The molecule has 4 heteroatoms. The molecule has 0 heterocycles. The van der Waals surface area contributed by atoms with Gasteiger partial charge in [0.15, 0.2) is 0 Å². The molecule has 2 aromatic carbocycles. The highest BCUT2D eigenvalue weighted by atomic mass is 35.5. The number of phenolic OH excluding ortho intramolecular Hbond substituents is 1. The zero-order chi connectivity index (χ0) is 13.8. The van der Waals surface area contributed by atoms with Crippen molar-refractivity contribution in [1.29, 1.82) is 0 Å². The Kier molecular flexibility index (Phi) is 4.07. The van der Waals surface area contributed by atoms with E-state index in [2.05, 4.69) is 5.32 Å². The van der Waals surface area contributed by atoms with Gasteiger partial charge in [-0.1, -0.05) is 29.8 Å².